The predicted octanol–water partition coefficient (Wildman–Crippen LogP) is 4.16. The number of imidazole rings is 1. The number of rotatable bonds is 6. The van der Waals surface area contributed by atoms with Crippen LogP contribution in [0.15, 0.2) is 59.1 Å². The summed E-state index contributed by atoms with van der Waals surface area (Å²) in [4.78, 5) is 18.1. The van der Waals surface area contributed by atoms with E-state index in [0.29, 0.717) is 17.9 Å². The minimum Gasteiger partial charge on any atom is -0.489 e. The van der Waals surface area contributed by atoms with Crippen LogP contribution in [-0.2, 0) is 16.1 Å². The number of hydrogen-bond donors (Lipinski definition) is 1. The summed E-state index contributed by atoms with van der Waals surface area (Å²) in [5.41, 5.74) is 1.52. The molecule has 1 N–H and O–H groups in total. The summed E-state index contributed by atoms with van der Waals surface area (Å²) in [7, 11) is 0. The monoisotopic (exact) mass is 320 g/mol. The van der Waals surface area contributed by atoms with Gasteiger partial charge in [-0.15, -0.1) is 0 Å². The molecule has 0 saturated heterocycles. The summed E-state index contributed by atoms with van der Waals surface area (Å²) in [6.45, 7) is 4.85. The van der Waals surface area contributed by atoms with Gasteiger partial charge in [-0.1, -0.05) is 30.3 Å². The predicted molar refractivity (Wildman–Crippen MR) is 83.8 cm³/mol. The fourth-order valence-electron chi connectivity index (χ4n) is 1.73. The lowest BCUT2D eigenvalue weighted by molar-refractivity contribution is -0.104. The Labute approximate surface area is 132 Å². The first-order valence-electron chi connectivity index (χ1n) is 6.45. The number of halogens is 2. The van der Waals surface area contributed by atoms with Crippen LogP contribution in [0.5, 0.6) is 0 Å². The Morgan fingerprint density at radius 1 is 1.50 bits per heavy atom. The highest BCUT2D eigenvalue weighted by molar-refractivity contribution is 6.31. The van der Waals surface area contributed by atoms with Crippen LogP contribution in [0.2, 0.25) is 0 Å². The summed E-state index contributed by atoms with van der Waals surface area (Å²) < 4.78 is 18.4. The van der Waals surface area contributed by atoms with E-state index in [9.17, 15) is 9.18 Å². The lowest BCUT2D eigenvalue weighted by atomic mass is 10.2. The van der Waals surface area contributed by atoms with Gasteiger partial charge in [0.15, 0.2) is 6.29 Å². The van der Waals surface area contributed by atoms with Crippen LogP contribution in [0.4, 0.5) is 4.39 Å². The van der Waals surface area contributed by atoms with Crippen LogP contribution >= 0.6 is 11.6 Å². The highest BCUT2D eigenvalue weighted by atomic mass is 35.5. The minimum absolute atomic E-state index is 0.122. The molecule has 0 fully saturated rings. The van der Waals surface area contributed by atoms with Crippen LogP contribution in [0, 0.1) is 0 Å². The maximum atomic E-state index is 12.9. The molecule has 22 heavy (non-hydrogen) atoms. The third-order valence-electron chi connectivity index (χ3n) is 2.92. The number of carbonyl (C=O) groups is 1. The third-order valence-corrected chi connectivity index (χ3v) is 3.30. The van der Waals surface area contributed by atoms with Crippen molar-refractivity contribution in [2.45, 2.75) is 13.5 Å². The molecule has 0 atom stereocenters. The van der Waals surface area contributed by atoms with Crippen LogP contribution in [0.25, 0.3) is 11.0 Å². The summed E-state index contributed by atoms with van der Waals surface area (Å²) >= 11 is 5.97. The van der Waals surface area contributed by atoms with Gasteiger partial charge in [0.25, 0.3) is 0 Å². The second-order valence-corrected chi connectivity index (χ2v) is 4.92. The number of nitrogens with one attached hydrogen (secondary N) is 1. The Morgan fingerprint density at radius 2 is 2.23 bits per heavy atom. The van der Waals surface area contributed by atoms with Gasteiger partial charge in [-0.3, -0.25) is 4.79 Å². The number of carbonyl (C=O) groups excluding carboxylic acids is 1. The van der Waals surface area contributed by atoms with Crippen molar-refractivity contribution in [1.29, 1.82) is 0 Å². The van der Waals surface area contributed by atoms with Crippen molar-refractivity contribution in [2.24, 2.45) is 0 Å². The molecule has 1 aromatic heterocycles. The molecular formula is C16H14ClFN2O2. The van der Waals surface area contributed by atoms with Gasteiger partial charge in [-0.25, -0.2) is 9.37 Å². The van der Waals surface area contributed by atoms with E-state index in [1.807, 2.05) is 24.3 Å². The number of aromatic amines is 1. The average molecular weight is 321 g/mol. The van der Waals surface area contributed by atoms with Gasteiger partial charge in [-0.2, -0.15) is 0 Å². The zero-order valence-corrected chi connectivity index (χ0v) is 12.7. The number of allylic oxidation sites excluding steroid dienone is 5. The normalized spacial score (nSPS) is 13.0. The van der Waals surface area contributed by atoms with E-state index in [0.717, 1.165) is 11.0 Å². The quantitative estimate of drug-likeness (QED) is 0.376. The van der Waals surface area contributed by atoms with Crippen molar-refractivity contribution in [1.82, 2.24) is 9.97 Å². The van der Waals surface area contributed by atoms with E-state index < -0.39 is 5.83 Å². The van der Waals surface area contributed by atoms with Gasteiger partial charge in [0.05, 0.1) is 21.6 Å². The minimum atomic E-state index is -0.849. The van der Waals surface area contributed by atoms with E-state index in [4.69, 9.17) is 16.3 Å². The lowest BCUT2D eigenvalue weighted by Gasteiger charge is -2.05. The molecule has 0 aliphatic carbocycles. The summed E-state index contributed by atoms with van der Waals surface area (Å²) in [6.07, 6.45) is 1.52. The number of H-pyrrole nitrogens is 1. The molecule has 4 nitrogen and oxygen atoms in total. The van der Waals surface area contributed by atoms with E-state index in [-0.39, 0.29) is 17.2 Å². The van der Waals surface area contributed by atoms with Gasteiger partial charge in [-0.05, 0) is 25.1 Å². The zero-order valence-electron chi connectivity index (χ0n) is 11.9. The van der Waals surface area contributed by atoms with Crippen molar-refractivity contribution in [3.05, 3.63) is 64.9 Å². The molecule has 6 heteroatoms. The summed E-state index contributed by atoms with van der Waals surface area (Å²) in [6, 6.07) is 7.60. The molecule has 2 rings (SSSR count). The van der Waals surface area contributed by atoms with Crippen molar-refractivity contribution >= 4 is 28.9 Å². The van der Waals surface area contributed by atoms with E-state index in [1.165, 1.54) is 6.08 Å². The Bertz CT molecular complexity index is 744. The number of hydrogen-bond acceptors (Lipinski definition) is 3. The summed E-state index contributed by atoms with van der Waals surface area (Å²) in [5.74, 6) is 0.139. The first kappa shape index (κ1) is 16.0. The Morgan fingerprint density at radius 3 is 2.86 bits per heavy atom. The number of aromatic nitrogens is 2. The standard InChI is InChI=1S/C16H14ClFN2O2/c1-10(18)12(8-21)7-13(17)11(2)22-9-16-19-14-5-3-4-6-15(14)20-16/h3-8H,1,9H2,2H3,(H,19,20)/b12-7-,13-11-. The van der Waals surface area contributed by atoms with Crippen molar-refractivity contribution < 1.29 is 13.9 Å². The first-order chi connectivity index (χ1) is 10.5. The number of para-hydroxylation sites is 2. The van der Waals surface area contributed by atoms with Crippen molar-refractivity contribution in [3.8, 4) is 0 Å². The molecule has 0 radical (unpaired) electrons. The Balaban J connectivity index is 2.10. The topological polar surface area (TPSA) is 55.0 Å². The van der Waals surface area contributed by atoms with Crippen molar-refractivity contribution in [2.75, 3.05) is 0 Å². The van der Waals surface area contributed by atoms with Crippen molar-refractivity contribution in [3.63, 3.8) is 0 Å². The number of nitrogens with zero attached hydrogens (tertiary/aromatic N) is 1. The number of ether oxygens (including phenoxy) is 1. The van der Waals surface area contributed by atoms with E-state index >= 15 is 0 Å². The van der Waals surface area contributed by atoms with Gasteiger partial charge in [0.1, 0.15) is 24.0 Å². The second kappa shape index (κ2) is 7.04. The molecule has 0 spiro atoms. The number of aldehydes is 1. The Hall–Kier alpha value is -2.40. The number of fused-ring (bicyclic) bond motifs is 1. The third kappa shape index (κ3) is 3.83. The Kier molecular flexibility index (Phi) is 5.12. The first-order valence-corrected chi connectivity index (χ1v) is 6.83. The highest BCUT2D eigenvalue weighted by Gasteiger charge is 2.06. The molecule has 0 unspecified atom stereocenters. The molecular weight excluding hydrogens is 307 g/mol. The fourth-order valence-corrected chi connectivity index (χ4v) is 1.91. The molecule has 1 heterocycles. The van der Waals surface area contributed by atoms with Gasteiger partial charge in [0.2, 0.25) is 0 Å². The maximum Gasteiger partial charge on any atom is 0.153 e. The molecule has 0 amide bonds. The highest BCUT2D eigenvalue weighted by Crippen LogP contribution is 2.19. The SMILES string of the molecule is C=C(F)/C(C=O)=C\C(Cl)=C(/C)OCc1nc2ccccc2[nH]1. The molecule has 0 saturated carbocycles. The average Bonchev–Trinajstić information content (AvgIpc) is 2.92. The van der Waals surface area contributed by atoms with E-state index in [1.54, 1.807) is 6.92 Å². The molecule has 2 aromatic rings. The van der Waals surface area contributed by atoms with Crippen LogP contribution < -0.4 is 0 Å². The van der Waals surface area contributed by atoms with Crippen LogP contribution in [-0.4, -0.2) is 16.3 Å². The van der Waals surface area contributed by atoms with Crippen LogP contribution in [0.1, 0.15) is 12.7 Å². The molecule has 114 valence electrons. The second-order valence-electron chi connectivity index (χ2n) is 4.52. The molecule has 1 aromatic carbocycles. The lowest BCUT2D eigenvalue weighted by Crippen LogP contribution is -1.95. The van der Waals surface area contributed by atoms with Gasteiger partial charge < -0.3 is 9.72 Å². The molecule has 0 aliphatic rings. The smallest absolute Gasteiger partial charge is 0.153 e. The summed E-state index contributed by atoms with van der Waals surface area (Å²) in [5, 5.41) is 0.122. The van der Waals surface area contributed by atoms with E-state index in [2.05, 4.69) is 16.5 Å². The van der Waals surface area contributed by atoms with Gasteiger partial charge >= 0.3 is 0 Å². The zero-order chi connectivity index (χ0) is 16.1. The number of benzene rings is 1. The largest absolute Gasteiger partial charge is 0.489 e. The van der Waals surface area contributed by atoms with Crippen LogP contribution in [0.3, 0.4) is 0 Å². The fraction of sp³-hybridized carbons (Fsp3) is 0.125. The van der Waals surface area contributed by atoms with Gasteiger partial charge in [0, 0.05) is 0 Å². The maximum absolute atomic E-state index is 12.9. The molecule has 0 aliphatic heterocycles. The molecule has 0 bridgehead atoms.